The van der Waals surface area contributed by atoms with Gasteiger partial charge in [0.2, 0.25) is 0 Å². The summed E-state index contributed by atoms with van der Waals surface area (Å²) in [5.74, 6) is 1.22. The minimum atomic E-state index is -3.71. The SMILES string of the molecule is CCOP(=O)(CN(Cc1ccccc1OCOCCOC)[C@@H](CC)[C@H](CO[Si](C)(C)C(C)(C)C)N(Cc1ccccc1OCOCCOC)CP(=O)(OCC)OCC)OCC. The van der Waals surface area contributed by atoms with Crippen LogP contribution >= 0.6 is 15.2 Å². The van der Waals surface area contributed by atoms with Crippen molar-refractivity contribution in [1.29, 1.82) is 0 Å². The first-order valence-electron chi connectivity index (χ1n) is 21.5. The lowest BCUT2D eigenvalue weighted by atomic mass is 10.0. The van der Waals surface area contributed by atoms with E-state index in [1.807, 2.05) is 48.5 Å². The summed E-state index contributed by atoms with van der Waals surface area (Å²) in [5.41, 5.74) is 1.67. The summed E-state index contributed by atoms with van der Waals surface area (Å²) < 4.78 is 94.2. The Labute approximate surface area is 368 Å². The third-order valence-corrected chi connectivity index (χ3v) is 18.9. The van der Waals surface area contributed by atoms with Crippen molar-refractivity contribution < 1.29 is 60.1 Å². The zero-order chi connectivity index (χ0) is 45.4. The van der Waals surface area contributed by atoms with Gasteiger partial charge in [0, 0.05) is 50.5 Å². The zero-order valence-corrected chi connectivity index (χ0v) is 42.0. The Morgan fingerprint density at radius 3 is 1.36 bits per heavy atom. The average molecular weight is 921 g/mol. The van der Waals surface area contributed by atoms with E-state index in [0.717, 1.165) is 11.1 Å². The summed E-state index contributed by atoms with van der Waals surface area (Å²) in [7, 11) is -6.55. The maximum absolute atomic E-state index is 14.7. The van der Waals surface area contributed by atoms with Crippen LogP contribution < -0.4 is 9.47 Å². The van der Waals surface area contributed by atoms with Crippen LogP contribution in [0.25, 0.3) is 0 Å². The van der Waals surface area contributed by atoms with E-state index in [1.54, 1.807) is 41.9 Å². The Hall–Kier alpha value is -1.72. The van der Waals surface area contributed by atoms with Crippen LogP contribution in [0.3, 0.4) is 0 Å². The highest BCUT2D eigenvalue weighted by molar-refractivity contribution is 7.54. The molecule has 0 aliphatic carbocycles. The van der Waals surface area contributed by atoms with Gasteiger partial charge in [0.15, 0.2) is 21.9 Å². The van der Waals surface area contributed by atoms with Gasteiger partial charge < -0.3 is 50.9 Å². The number of benzene rings is 2. The number of hydrogen-bond donors (Lipinski definition) is 0. The minimum absolute atomic E-state index is 0.0169. The molecule has 2 rings (SSSR count). The topological polar surface area (TPSA) is 142 Å². The number of hydrogen-bond acceptors (Lipinski definition) is 15. The molecule has 0 unspecified atom stereocenters. The summed E-state index contributed by atoms with van der Waals surface area (Å²) in [6, 6.07) is 14.6. The summed E-state index contributed by atoms with van der Waals surface area (Å²) >= 11 is 0. The molecule has 0 N–H and O–H groups in total. The van der Waals surface area contributed by atoms with Crippen LogP contribution in [0.15, 0.2) is 48.5 Å². The van der Waals surface area contributed by atoms with Crippen LogP contribution in [0.1, 0.15) is 72.9 Å². The van der Waals surface area contributed by atoms with Crippen LogP contribution in [-0.2, 0) is 63.7 Å². The zero-order valence-electron chi connectivity index (χ0n) is 39.2. The van der Waals surface area contributed by atoms with E-state index >= 15 is 0 Å². The normalized spacial score (nSPS) is 13.9. The maximum Gasteiger partial charge on any atom is 0.344 e. The predicted octanol–water partition coefficient (Wildman–Crippen LogP) is 9.61. The summed E-state index contributed by atoms with van der Waals surface area (Å²) in [5, 5.41) is -0.111. The van der Waals surface area contributed by atoms with Crippen LogP contribution in [0, 0.1) is 0 Å². The molecule has 352 valence electrons. The Morgan fingerprint density at radius 2 is 1.00 bits per heavy atom. The molecule has 15 nitrogen and oxygen atoms in total. The molecule has 0 saturated carbocycles. The molecular formula is C43H78N2O13P2Si. The van der Waals surface area contributed by atoms with Gasteiger partial charge in [-0.2, -0.15) is 0 Å². The van der Waals surface area contributed by atoms with Gasteiger partial charge in [-0.25, -0.2) is 0 Å². The van der Waals surface area contributed by atoms with Gasteiger partial charge in [-0.05, 0) is 64.4 Å². The molecule has 2 aromatic carbocycles. The Balaban J connectivity index is 2.89. The van der Waals surface area contributed by atoms with Gasteiger partial charge in [0.25, 0.3) is 0 Å². The first-order chi connectivity index (χ1) is 29.1. The van der Waals surface area contributed by atoms with Crippen molar-refractivity contribution in [2.45, 2.75) is 105 Å². The van der Waals surface area contributed by atoms with Gasteiger partial charge in [-0.15, -0.1) is 0 Å². The largest absolute Gasteiger partial charge is 0.467 e. The molecule has 0 aliphatic rings. The molecule has 0 spiro atoms. The molecule has 0 heterocycles. The average Bonchev–Trinajstić information content (AvgIpc) is 3.20. The van der Waals surface area contributed by atoms with Crippen LogP contribution in [0.4, 0.5) is 0 Å². The highest BCUT2D eigenvalue weighted by Crippen LogP contribution is 2.52. The number of rotatable bonds is 35. The molecule has 2 aromatic rings. The van der Waals surface area contributed by atoms with E-state index in [2.05, 4.69) is 50.6 Å². The van der Waals surface area contributed by atoms with Crippen molar-refractivity contribution in [3.8, 4) is 11.5 Å². The summed E-state index contributed by atoms with van der Waals surface area (Å²) in [6.07, 6.45) is 0.474. The molecule has 0 radical (unpaired) electrons. The highest BCUT2D eigenvalue weighted by atomic mass is 31.2. The Bertz CT molecular complexity index is 1560. The van der Waals surface area contributed by atoms with E-state index in [1.165, 1.54) is 0 Å². The van der Waals surface area contributed by atoms with Crippen LogP contribution in [0.5, 0.6) is 11.5 Å². The quantitative estimate of drug-likeness (QED) is 0.0280. The van der Waals surface area contributed by atoms with Crippen LogP contribution in [-0.4, -0.2) is 130 Å². The van der Waals surface area contributed by atoms with E-state index in [0.29, 0.717) is 50.9 Å². The number of nitrogens with zero attached hydrogens (tertiary/aromatic N) is 2. The lowest BCUT2D eigenvalue weighted by Crippen LogP contribution is -2.56. The summed E-state index contributed by atoms with van der Waals surface area (Å²) in [4.78, 5) is 4.25. The van der Waals surface area contributed by atoms with Crippen molar-refractivity contribution in [2.75, 3.05) is 99.8 Å². The maximum atomic E-state index is 14.7. The van der Waals surface area contributed by atoms with Gasteiger partial charge >= 0.3 is 15.2 Å². The van der Waals surface area contributed by atoms with E-state index in [-0.39, 0.29) is 76.8 Å². The van der Waals surface area contributed by atoms with Crippen LogP contribution in [0.2, 0.25) is 18.1 Å². The second kappa shape index (κ2) is 28.9. The van der Waals surface area contributed by atoms with Gasteiger partial charge in [-0.3, -0.25) is 18.9 Å². The fourth-order valence-electron chi connectivity index (χ4n) is 6.36. The number of para-hydroxylation sites is 2. The van der Waals surface area contributed by atoms with E-state index in [9.17, 15) is 9.13 Å². The molecule has 0 bridgehead atoms. The summed E-state index contributed by atoms with van der Waals surface area (Å²) in [6.45, 7) is 23.6. The second-order valence-electron chi connectivity index (χ2n) is 15.8. The Kier molecular flexibility index (Phi) is 26.3. The lowest BCUT2D eigenvalue weighted by Gasteiger charge is -2.45. The lowest BCUT2D eigenvalue weighted by molar-refractivity contribution is -0.0102. The predicted molar refractivity (Wildman–Crippen MR) is 243 cm³/mol. The minimum Gasteiger partial charge on any atom is -0.467 e. The molecule has 2 atom stereocenters. The van der Waals surface area contributed by atoms with Crippen molar-refractivity contribution >= 4 is 23.5 Å². The van der Waals surface area contributed by atoms with Crippen molar-refractivity contribution in [3.05, 3.63) is 59.7 Å². The molecular weight excluding hydrogens is 843 g/mol. The molecule has 0 aliphatic heterocycles. The molecule has 0 aromatic heterocycles. The first kappa shape index (κ1) is 55.4. The molecule has 0 fully saturated rings. The van der Waals surface area contributed by atoms with Gasteiger partial charge in [0.05, 0.1) is 59.5 Å². The van der Waals surface area contributed by atoms with Crippen molar-refractivity contribution in [3.63, 3.8) is 0 Å². The number of ether oxygens (including phenoxy) is 6. The standard InChI is InChI=1S/C43H78N2O13P2Si/c1-13-39(44(33-59(46,54-14-2)55-15-3)30-37-22-18-20-24-41(37)52-35-50-28-26-48-9)40(32-58-61(11,12)43(6,7)8)45(34-60(47,56-16-4)57-17-5)31-38-23-19-21-25-42(38)53-36-51-29-27-49-10/h18-25,39-40H,13-17,26-36H2,1-12H3/t39-,40-/m0/s1. The fourth-order valence-corrected chi connectivity index (χ4v) is 10.9. The molecule has 61 heavy (non-hydrogen) atoms. The van der Waals surface area contributed by atoms with E-state index < -0.39 is 29.6 Å². The smallest absolute Gasteiger partial charge is 0.344 e. The molecule has 0 amide bonds. The molecule has 0 saturated heterocycles. The molecule has 18 heteroatoms. The third-order valence-electron chi connectivity index (χ3n) is 10.4. The van der Waals surface area contributed by atoms with E-state index in [4.69, 9.17) is 50.9 Å². The monoisotopic (exact) mass is 920 g/mol. The first-order valence-corrected chi connectivity index (χ1v) is 27.9. The van der Waals surface area contributed by atoms with Crippen molar-refractivity contribution in [2.24, 2.45) is 0 Å². The highest BCUT2D eigenvalue weighted by Gasteiger charge is 2.43. The fraction of sp³-hybridized carbons (Fsp3) is 0.721. The number of methoxy groups -OCH3 is 2. The third kappa shape index (κ3) is 19.5. The van der Waals surface area contributed by atoms with Crippen molar-refractivity contribution in [1.82, 2.24) is 9.80 Å². The van der Waals surface area contributed by atoms with Gasteiger partial charge in [0.1, 0.15) is 24.1 Å². The Morgan fingerprint density at radius 1 is 0.607 bits per heavy atom. The van der Waals surface area contributed by atoms with Gasteiger partial charge in [-0.1, -0.05) is 64.1 Å². The second-order valence-corrected chi connectivity index (χ2v) is 24.7.